The molecular weight excluding hydrogens is 570 g/mol. The molecule has 3 aliphatic rings. The van der Waals surface area contributed by atoms with Gasteiger partial charge in [0, 0.05) is 31.7 Å². The van der Waals surface area contributed by atoms with E-state index in [1.54, 1.807) is 6.92 Å². The number of nitrogens with one attached hydrogen (secondary N) is 1. The van der Waals surface area contributed by atoms with Gasteiger partial charge in [0.1, 0.15) is 36.7 Å². The number of hydrogen-bond acceptors (Lipinski definition) is 13. The first-order valence-corrected chi connectivity index (χ1v) is 15.2. The predicted octanol–water partition coefficient (Wildman–Crippen LogP) is -0.852. The highest BCUT2D eigenvalue weighted by molar-refractivity contribution is 7.47. The van der Waals surface area contributed by atoms with Crippen LogP contribution in [-0.2, 0) is 41.4 Å². The largest absolute Gasteiger partial charge is 0.472 e. The second-order valence-corrected chi connectivity index (χ2v) is 12.0. The van der Waals surface area contributed by atoms with Gasteiger partial charge < -0.3 is 34.2 Å². The molecule has 10 atom stereocenters. The van der Waals surface area contributed by atoms with Crippen LogP contribution in [0.5, 0.6) is 0 Å². The quantitative estimate of drug-likeness (QED) is 0.183. The Morgan fingerprint density at radius 2 is 1.69 bits per heavy atom. The summed E-state index contributed by atoms with van der Waals surface area (Å²) in [5, 5.41) is 19.2. The summed E-state index contributed by atoms with van der Waals surface area (Å²) in [6, 6.07) is 1.15. The fourth-order valence-electron chi connectivity index (χ4n) is 4.46. The number of phosphoric acid groups is 2. The van der Waals surface area contributed by atoms with Crippen LogP contribution in [0, 0.1) is 0 Å². The Labute approximate surface area is 221 Å². The highest BCUT2D eigenvalue weighted by Crippen LogP contribution is 2.50. The molecule has 0 amide bonds. The van der Waals surface area contributed by atoms with Gasteiger partial charge in [-0.15, -0.1) is 0 Å². The summed E-state index contributed by atoms with van der Waals surface area (Å²) in [7, 11) is -9.35. The molecule has 19 heteroatoms. The van der Waals surface area contributed by atoms with E-state index in [9.17, 15) is 38.7 Å². The van der Waals surface area contributed by atoms with Crippen LogP contribution in [0.1, 0.15) is 32.4 Å². The molecule has 5 N–H and O–H groups in total. The van der Waals surface area contributed by atoms with Crippen LogP contribution in [-0.4, -0.2) is 98.7 Å². The van der Waals surface area contributed by atoms with Gasteiger partial charge in [0.2, 0.25) is 0 Å². The molecule has 0 aromatic carbocycles. The molecule has 3 fully saturated rings. The van der Waals surface area contributed by atoms with Gasteiger partial charge >= 0.3 is 21.3 Å². The van der Waals surface area contributed by atoms with Crippen LogP contribution in [0.2, 0.25) is 0 Å². The summed E-state index contributed by atoms with van der Waals surface area (Å²) in [5.74, 6) is 0. The second kappa shape index (κ2) is 12.7. The van der Waals surface area contributed by atoms with E-state index >= 15 is 0 Å². The van der Waals surface area contributed by atoms with Gasteiger partial charge in [-0.3, -0.25) is 32.4 Å². The van der Waals surface area contributed by atoms with Crippen molar-refractivity contribution in [2.24, 2.45) is 0 Å². The van der Waals surface area contributed by atoms with Crippen molar-refractivity contribution in [1.82, 2.24) is 9.55 Å². The average Bonchev–Trinajstić information content (AvgIpc) is 3.55. The highest BCUT2D eigenvalue weighted by Gasteiger charge is 2.43. The Morgan fingerprint density at radius 1 is 1.03 bits per heavy atom. The Morgan fingerprint density at radius 3 is 2.31 bits per heavy atom. The minimum absolute atomic E-state index is 0.0193. The van der Waals surface area contributed by atoms with Crippen LogP contribution >= 0.6 is 15.6 Å². The van der Waals surface area contributed by atoms with Crippen molar-refractivity contribution in [1.29, 1.82) is 0 Å². The topological polar surface area (TPSA) is 235 Å². The zero-order valence-corrected chi connectivity index (χ0v) is 22.6. The first-order chi connectivity index (χ1) is 18.4. The van der Waals surface area contributed by atoms with Gasteiger partial charge in [0.15, 0.2) is 0 Å². The minimum atomic E-state index is -4.69. The lowest BCUT2D eigenvalue weighted by molar-refractivity contribution is -0.0322. The summed E-state index contributed by atoms with van der Waals surface area (Å²) >= 11 is 0. The van der Waals surface area contributed by atoms with E-state index in [1.807, 2.05) is 0 Å². The van der Waals surface area contributed by atoms with E-state index in [1.165, 1.54) is 6.20 Å². The molecule has 4 heterocycles. The molecule has 1 aromatic heterocycles. The maximum Gasteiger partial charge on any atom is 0.472 e. The van der Waals surface area contributed by atoms with Crippen molar-refractivity contribution in [2.75, 3.05) is 26.4 Å². The number of aliphatic hydroxyl groups is 2. The van der Waals surface area contributed by atoms with Crippen LogP contribution < -0.4 is 11.2 Å². The monoisotopic (exact) mass is 602 g/mol. The first kappa shape index (κ1) is 30.7. The number of rotatable bonds is 12. The molecule has 39 heavy (non-hydrogen) atoms. The maximum absolute atomic E-state index is 12.7. The number of phosphoric ester groups is 2. The van der Waals surface area contributed by atoms with Crippen LogP contribution in [0.15, 0.2) is 21.9 Å². The average molecular weight is 602 g/mol. The molecule has 0 bridgehead atoms. The molecule has 3 saturated heterocycles. The van der Waals surface area contributed by atoms with Gasteiger partial charge in [0.05, 0.1) is 32.0 Å². The number of aromatic amines is 1. The van der Waals surface area contributed by atoms with Crippen LogP contribution in [0.3, 0.4) is 0 Å². The second-order valence-electron chi connectivity index (χ2n) is 9.23. The fourth-order valence-corrected chi connectivity index (χ4v) is 6.40. The number of ether oxygens (including phenoxy) is 3. The third kappa shape index (κ3) is 7.92. The molecule has 0 radical (unpaired) electrons. The van der Waals surface area contributed by atoms with E-state index in [0.717, 1.165) is 10.6 Å². The Kier molecular flexibility index (Phi) is 9.98. The standard InChI is InChI=1S/C20H32N2O15P2/c1-2-12-14(7-18(35-12)22-5-3-17(24)21-20(22)26)37-39(29,30)33-9-15-13(4-6-31-15)36-38(27,28)34-10-16-19(25)11(23)8-32-16/h3,5,11-16,18-19,23,25H,2,4,6-10H2,1H3,(H,27,28)(H,29,30)(H,21,24,26)/t11-,12+,13-,14-,15+,16+,18+,19-/m0/s1. The first-order valence-electron chi connectivity index (χ1n) is 12.2. The van der Waals surface area contributed by atoms with E-state index < -0.39 is 89.1 Å². The third-order valence-electron chi connectivity index (χ3n) is 6.49. The molecule has 17 nitrogen and oxygen atoms in total. The van der Waals surface area contributed by atoms with Gasteiger partial charge in [-0.05, 0) is 6.42 Å². The molecule has 0 saturated carbocycles. The number of hydrogen-bond donors (Lipinski definition) is 5. The van der Waals surface area contributed by atoms with Crippen LogP contribution in [0.4, 0.5) is 0 Å². The fraction of sp³-hybridized carbons (Fsp3) is 0.800. The molecule has 4 rings (SSSR count). The lowest BCUT2D eigenvalue weighted by Crippen LogP contribution is -2.33. The van der Waals surface area contributed by atoms with Gasteiger partial charge in [-0.25, -0.2) is 13.9 Å². The van der Waals surface area contributed by atoms with Crippen molar-refractivity contribution in [2.45, 2.75) is 75.1 Å². The van der Waals surface area contributed by atoms with Gasteiger partial charge in [-0.2, -0.15) is 0 Å². The van der Waals surface area contributed by atoms with Crippen LogP contribution in [0.25, 0.3) is 0 Å². The predicted molar refractivity (Wildman–Crippen MR) is 128 cm³/mol. The lowest BCUT2D eigenvalue weighted by Gasteiger charge is -2.24. The summed E-state index contributed by atoms with van der Waals surface area (Å²) in [6.45, 7) is 0.670. The molecule has 0 aliphatic carbocycles. The van der Waals surface area contributed by atoms with Gasteiger partial charge in [0.25, 0.3) is 5.56 Å². The molecule has 2 unspecified atom stereocenters. The Balaban J connectivity index is 1.29. The van der Waals surface area contributed by atoms with Crippen molar-refractivity contribution >= 4 is 15.6 Å². The summed E-state index contributed by atoms with van der Waals surface area (Å²) in [5.41, 5.74) is -1.28. The number of H-pyrrole nitrogens is 1. The third-order valence-corrected chi connectivity index (χ3v) is 8.52. The smallest absolute Gasteiger partial charge is 0.388 e. The minimum Gasteiger partial charge on any atom is -0.388 e. The maximum atomic E-state index is 12.7. The molecule has 3 aliphatic heterocycles. The zero-order chi connectivity index (χ0) is 28.4. The summed E-state index contributed by atoms with van der Waals surface area (Å²) < 4.78 is 62.9. The molecule has 0 spiro atoms. The summed E-state index contributed by atoms with van der Waals surface area (Å²) in [4.78, 5) is 45.9. The van der Waals surface area contributed by atoms with E-state index in [4.69, 9.17) is 32.3 Å². The van der Waals surface area contributed by atoms with E-state index in [-0.39, 0.29) is 26.1 Å². The van der Waals surface area contributed by atoms with Crippen molar-refractivity contribution in [3.63, 3.8) is 0 Å². The number of aromatic nitrogens is 2. The molecular formula is C20H32N2O15P2. The normalized spacial score (nSPS) is 36.1. The van der Waals surface area contributed by atoms with E-state index in [0.29, 0.717) is 6.42 Å². The van der Waals surface area contributed by atoms with Crippen molar-refractivity contribution in [3.8, 4) is 0 Å². The van der Waals surface area contributed by atoms with E-state index in [2.05, 4.69) is 4.98 Å². The number of aliphatic hydroxyl groups excluding tert-OH is 2. The molecule has 222 valence electrons. The Hall–Kier alpha value is -1.30. The summed E-state index contributed by atoms with van der Waals surface area (Å²) in [6.07, 6.45) is -6.11. The number of nitrogens with zero attached hydrogens (tertiary/aromatic N) is 1. The van der Waals surface area contributed by atoms with Crippen molar-refractivity contribution in [3.05, 3.63) is 33.1 Å². The zero-order valence-electron chi connectivity index (χ0n) is 20.8. The van der Waals surface area contributed by atoms with Crippen molar-refractivity contribution < 1.29 is 61.4 Å². The van der Waals surface area contributed by atoms with Gasteiger partial charge in [-0.1, -0.05) is 6.92 Å². The lowest BCUT2D eigenvalue weighted by atomic mass is 10.1. The molecule has 1 aromatic rings. The highest BCUT2D eigenvalue weighted by atomic mass is 31.2. The Bertz CT molecular complexity index is 1190. The SMILES string of the molecule is CC[C@H]1O[C@@H](n2ccc(=O)[nH]c2=O)C[C@@H]1OP(=O)(O)OC[C@H]1OCC[C@@H]1OP(=O)(O)OC[C@H]1OC[C@H](O)[C@@H]1O.